The Morgan fingerprint density at radius 3 is 2.38 bits per heavy atom. The second-order valence-electron chi connectivity index (χ2n) is 4.61. The fourth-order valence-corrected chi connectivity index (χ4v) is 2.62. The van der Waals surface area contributed by atoms with Crippen LogP contribution in [0.15, 0.2) is 42.5 Å². The molecule has 0 bridgehead atoms. The lowest BCUT2D eigenvalue weighted by molar-refractivity contribution is 0.351. The monoisotopic (exact) mass is 306 g/mol. The van der Waals surface area contributed by atoms with Crippen LogP contribution in [0.4, 0.5) is 0 Å². The first kappa shape index (κ1) is 15.5. The summed E-state index contributed by atoms with van der Waals surface area (Å²) in [5.41, 5.74) is 2.03. The largest absolute Gasteiger partial charge is 0.497 e. The summed E-state index contributed by atoms with van der Waals surface area (Å²) in [7, 11) is 4.89. The van der Waals surface area contributed by atoms with Crippen LogP contribution in [-0.4, -0.2) is 21.3 Å². The van der Waals surface area contributed by atoms with Gasteiger partial charge in [0.1, 0.15) is 5.75 Å². The Labute approximate surface area is 130 Å². The molecular formula is C17H19ClO3. The summed E-state index contributed by atoms with van der Waals surface area (Å²) in [5.74, 6) is 2.20. The molecule has 2 aromatic carbocycles. The van der Waals surface area contributed by atoms with E-state index in [0.717, 1.165) is 16.9 Å². The third-order valence-corrected chi connectivity index (χ3v) is 3.71. The number of para-hydroxylation sites is 1. The molecule has 0 aliphatic carbocycles. The van der Waals surface area contributed by atoms with Gasteiger partial charge in [0.05, 0.1) is 26.7 Å². The van der Waals surface area contributed by atoms with Crippen LogP contribution in [0.25, 0.3) is 0 Å². The van der Waals surface area contributed by atoms with Gasteiger partial charge in [-0.1, -0.05) is 24.3 Å². The number of hydrogen-bond donors (Lipinski definition) is 0. The second-order valence-corrected chi connectivity index (χ2v) is 5.13. The van der Waals surface area contributed by atoms with Gasteiger partial charge < -0.3 is 14.2 Å². The van der Waals surface area contributed by atoms with Crippen molar-refractivity contribution >= 4 is 11.6 Å². The van der Waals surface area contributed by atoms with E-state index in [1.54, 1.807) is 21.3 Å². The molecular weight excluding hydrogens is 288 g/mol. The Balaban J connectivity index is 2.25. The van der Waals surface area contributed by atoms with Crippen molar-refractivity contribution in [2.75, 3.05) is 21.3 Å². The number of hydrogen-bond acceptors (Lipinski definition) is 3. The minimum absolute atomic E-state index is 0.206. The van der Waals surface area contributed by atoms with Crippen LogP contribution in [0.3, 0.4) is 0 Å². The van der Waals surface area contributed by atoms with Crippen molar-refractivity contribution in [2.45, 2.75) is 11.8 Å². The maximum atomic E-state index is 6.57. The molecule has 0 radical (unpaired) electrons. The molecule has 0 spiro atoms. The molecule has 112 valence electrons. The number of benzene rings is 2. The van der Waals surface area contributed by atoms with Crippen LogP contribution in [0.2, 0.25) is 0 Å². The number of rotatable bonds is 6. The third kappa shape index (κ3) is 3.61. The summed E-state index contributed by atoms with van der Waals surface area (Å²) >= 11 is 6.57. The smallest absolute Gasteiger partial charge is 0.165 e. The number of halogens is 1. The maximum Gasteiger partial charge on any atom is 0.165 e. The van der Waals surface area contributed by atoms with Gasteiger partial charge in [-0.25, -0.2) is 0 Å². The molecule has 0 heterocycles. The van der Waals surface area contributed by atoms with E-state index in [9.17, 15) is 0 Å². The van der Waals surface area contributed by atoms with Gasteiger partial charge in [-0.05, 0) is 30.2 Å². The zero-order chi connectivity index (χ0) is 15.2. The predicted octanol–water partition coefficient (Wildman–Crippen LogP) is 4.24. The third-order valence-electron chi connectivity index (χ3n) is 3.32. The standard InChI is InChI=1S/C17H19ClO3/c1-19-13-7-4-6-12(10-13)11-15(18)14-8-5-9-16(20-2)17(14)21-3/h4-10,15H,11H2,1-3H3. The van der Waals surface area contributed by atoms with E-state index in [1.807, 2.05) is 42.5 Å². The number of alkyl halides is 1. The minimum atomic E-state index is -0.206. The van der Waals surface area contributed by atoms with Gasteiger partial charge in [-0.3, -0.25) is 0 Å². The van der Waals surface area contributed by atoms with E-state index in [1.165, 1.54) is 0 Å². The molecule has 2 aromatic rings. The van der Waals surface area contributed by atoms with Gasteiger partial charge in [-0.15, -0.1) is 11.6 Å². The Morgan fingerprint density at radius 2 is 1.71 bits per heavy atom. The maximum absolute atomic E-state index is 6.57. The Hall–Kier alpha value is -1.87. The normalized spacial score (nSPS) is 11.8. The SMILES string of the molecule is COc1cccc(CC(Cl)c2cccc(OC)c2OC)c1. The zero-order valence-corrected chi connectivity index (χ0v) is 13.2. The first-order valence-electron chi connectivity index (χ1n) is 6.67. The van der Waals surface area contributed by atoms with Gasteiger partial charge in [0.25, 0.3) is 0 Å². The van der Waals surface area contributed by atoms with Crippen LogP contribution < -0.4 is 14.2 Å². The summed E-state index contributed by atoms with van der Waals surface area (Å²) in [5, 5.41) is -0.206. The molecule has 1 atom stereocenters. The number of ether oxygens (including phenoxy) is 3. The first-order valence-corrected chi connectivity index (χ1v) is 7.11. The molecule has 21 heavy (non-hydrogen) atoms. The van der Waals surface area contributed by atoms with Crippen molar-refractivity contribution < 1.29 is 14.2 Å². The van der Waals surface area contributed by atoms with E-state index in [-0.39, 0.29) is 5.38 Å². The number of methoxy groups -OCH3 is 3. The molecule has 0 aromatic heterocycles. The average molecular weight is 307 g/mol. The Bertz CT molecular complexity index is 598. The summed E-state index contributed by atoms with van der Waals surface area (Å²) in [6.07, 6.45) is 0.683. The lowest BCUT2D eigenvalue weighted by Crippen LogP contribution is -2.01. The van der Waals surface area contributed by atoms with Crippen molar-refractivity contribution in [1.29, 1.82) is 0 Å². The fourth-order valence-electron chi connectivity index (χ4n) is 2.27. The molecule has 4 heteroatoms. The molecule has 3 nitrogen and oxygen atoms in total. The summed E-state index contributed by atoms with van der Waals surface area (Å²) in [4.78, 5) is 0. The van der Waals surface area contributed by atoms with Crippen LogP contribution in [-0.2, 0) is 6.42 Å². The van der Waals surface area contributed by atoms with Crippen LogP contribution in [0, 0.1) is 0 Å². The second kappa shape index (κ2) is 7.23. The molecule has 0 aliphatic heterocycles. The minimum Gasteiger partial charge on any atom is -0.497 e. The lowest BCUT2D eigenvalue weighted by atomic mass is 10.0. The molecule has 0 saturated heterocycles. The van der Waals surface area contributed by atoms with Gasteiger partial charge in [0.15, 0.2) is 11.5 Å². The fraction of sp³-hybridized carbons (Fsp3) is 0.294. The molecule has 2 rings (SSSR count). The zero-order valence-electron chi connectivity index (χ0n) is 12.4. The quantitative estimate of drug-likeness (QED) is 0.747. The van der Waals surface area contributed by atoms with Crippen LogP contribution in [0.1, 0.15) is 16.5 Å². The first-order chi connectivity index (χ1) is 10.2. The van der Waals surface area contributed by atoms with Gasteiger partial charge in [0.2, 0.25) is 0 Å². The summed E-state index contributed by atoms with van der Waals surface area (Å²) in [6.45, 7) is 0. The van der Waals surface area contributed by atoms with Crippen molar-refractivity contribution in [1.82, 2.24) is 0 Å². The van der Waals surface area contributed by atoms with Crippen LogP contribution in [0.5, 0.6) is 17.2 Å². The average Bonchev–Trinajstić information content (AvgIpc) is 2.53. The molecule has 1 unspecified atom stereocenters. The Morgan fingerprint density at radius 1 is 0.952 bits per heavy atom. The highest BCUT2D eigenvalue weighted by Gasteiger charge is 2.17. The molecule has 0 fully saturated rings. The van der Waals surface area contributed by atoms with E-state index in [2.05, 4.69) is 0 Å². The topological polar surface area (TPSA) is 27.7 Å². The Kier molecular flexibility index (Phi) is 5.34. The summed E-state index contributed by atoms with van der Waals surface area (Å²) < 4.78 is 16.0. The van der Waals surface area contributed by atoms with Crippen LogP contribution >= 0.6 is 11.6 Å². The highest BCUT2D eigenvalue weighted by molar-refractivity contribution is 6.21. The van der Waals surface area contributed by atoms with Gasteiger partial charge in [-0.2, -0.15) is 0 Å². The van der Waals surface area contributed by atoms with Crippen molar-refractivity contribution in [3.63, 3.8) is 0 Å². The lowest BCUT2D eigenvalue weighted by Gasteiger charge is -2.16. The van der Waals surface area contributed by atoms with Gasteiger partial charge in [0, 0.05) is 5.56 Å². The van der Waals surface area contributed by atoms with E-state index < -0.39 is 0 Å². The molecule has 0 amide bonds. The highest BCUT2D eigenvalue weighted by atomic mass is 35.5. The van der Waals surface area contributed by atoms with Gasteiger partial charge >= 0.3 is 0 Å². The van der Waals surface area contributed by atoms with Crippen molar-refractivity contribution in [3.05, 3.63) is 53.6 Å². The van der Waals surface area contributed by atoms with E-state index >= 15 is 0 Å². The van der Waals surface area contributed by atoms with Crippen molar-refractivity contribution in [3.8, 4) is 17.2 Å². The summed E-state index contributed by atoms with van der Waals surface area (Å²) in [6, 6.07) is 13.6. The predicted molar refractivity (Wildman–Crippen MR) is 84.8 cm³/mol. The van der Waals surface area contributed by atoms with E-state index in [0.29, 0.717) is 17.9 Å². The van der Waals surface area contributed by atoms with E-state index in [4.69, 9.17) is 25.8 Å². The highest BCUT2D eigenvalue weighted by Crippen LogP contribution is 2.38. The molecule has 0 aliphatic rings. The molecule has 0 N–H and O–H groups in total. The van der Waals surface area contributed by atoms with Crippen molar-refractivity contribution in [2.24, 2.45) is 0 Å². The molecule has 0 saturated carbocycles.